The zero-order valence-electron chi connectivity index (χ0n) is 19.8. The van der Waals surface area contributed by atoms with E-state index in [4.69, 9.17) is 9.47 Å². The second-order valence-corrected chi connectivity index (χ2v) is 8.35. The third-order valence-corrected chi connectivity index (χ3v) is 6.15. The van der Waals surface area contributed by atoms with Gasteiger partial charge in [-0.3, -0.25) is 9.59 Å². The lowest BCUT2D eigenvalue weighted by atomic mass is 9.82. The Morgan fingerprint density at radius 2 is 1.68 bits per heavy atom. The number of hydrogen-bond donors (Lipinski definition) is 1. The fraction of sp³-hybridized carbons (Fsp3) is 0.286. The van der Waals surface area contributed by atoms with Crippen LogP contribution in [0.15, 0.2) is 72.8 Å². The van der Waals surface area contributed by atoms with E-state index in [-0.39, 0.29) is 18.2 Å². The van der Waals surface area contributed by atoms with Crippen molar-refractivity contribution in [1.82, 2.24) is 0 Å². The standard InChI is InChI=1S/C28H30N2O4/c1-4-34-25-12-8-6-10-23(25)29-28(32)22-17-18-26(31)30(20-15-13-19(2)14-16-20)27(22)21-9-5-7-11-24(21)33-3/h5-16,22,27H,4,17-18H2,1-3H3,(H,29,32)/t22-,27+/m1/s1. The minimum absolute atomic E-state index is 0.0153. The number of nitrogens with zero attached hydrogens (tertiary/aromatic N) is 1. The molecule has 0 saturated carbocycles. The van der Waals surface area contributed by atoms with Gasteiger partial charge in [-0.05, 0) is 50.6 Å². The van der Waals surface area contributed by atoms with Gasteiger partial charge in [0.1, 0.15) is 11.5 Å². The molecule has 1 heterocycles. The molecule has 1 fully saturated rings. The first-order chi connectivity index (χ1) is 16.5. The van der Waals surface area contributed by atoms with Crippen molar-refractivity contribution >= 4 is 23.2 Å². The Balaban J connectivity index is 1.76. The average Bonchev–Trinajstić information content (AvgIpc) is 2.85. The monoisotopic (exact) mass is 458 g/mol. The van der Waals surface area contributed by atoms with Crippen LogP contribution in [-0.2, 0) is 9.59 Å². The molecule has 34 heavy (non-hydrogen) atoms. The number of anilines is 2. The van der Waals surface area contributed by atoms with Crippen LogP contribution in [0.1, 0.15) is 36.9 Å². The molecule has 0 aromatic heterocycles. The molecule has 2 atom stereocenters. The minimum atomic E-state index is -0.514. The van der Waals surface area contributed by atoms with Crippen LogP contribution in [0.4, 0.5) is 11.4 Å². The van der Waals surface area contributed by atoms with Gasteiger partial charge in [0.2, 0.25) is 11.8 Å². The van der Waals surface area contributed by atoms with Gasteiger partial charge in [-0.25, -0.2) is 0 Å². The fourth-order valence-corrected chi connectivity index (χ4v) is 4.52. The zero-order valence-corrected chi connectivity index (χ0v) is 19.8. The van der Waals surface area contributed by atoms with Gasteiger partial charge in [0.15, 0.2) is 0 Å². The molecule has 3 aromatic carbocycles. The van der Waals surface area contributed by atoms with Crippen LogP contribution in [0.5, 0.6) is 11.5 Å². The minimum Gasteiger partial charge on any atom is -0.496 e. The highest BCUT2D eigenvalue weighted by Gasteiger charge is 2.42. The molecule has 0 spiro atoms. The Hall–Kier alpha value is -3.80. The molecule has 0 bridgehead atoms. The number of hydrogen-bond acceptors (Lipinski definition) is 4. The van der Waals surface area contributed by atoms with Crippen molar-refractivity contribution in [2.24, 2.45) is 5.92 Å². The smallest absolute Gasteiger partial charge is 0.230 e. The summed E-state index contributed by atoms with van der Waals surface area (Å²) in [6.07, 6.45) is 0.720. The highest BCUT2D eigenvalue weighted by Crippen LogP contribution is 2.43. The van der Waals surface area contributed by atoms with Gasteiger partial charge < -0.3 is 19.7 Å². The van der Waals surface area contributed by atoms with Crippen molar-refractivity contribution in [3.63, 3.8) is 0 Å². The Bertz CT molecular complexity index is 1160. The van der Waals surface area contributed by atoms with E-state index in [1.54, 1.807) is 12.0 Å². The van der Waals surface area contributed by atoms with E-state index >= 15 is 0 Å². The number of para-hydroxylation sites is 3. The predicted octanol–water partition coefficient (Wildman–Crippen LogP) is 5.53. The van der Waals surface area contributed by atoms with E-state index in [2.05, 4.69) is 5.32 Å². The van der Waals surface area contributed by atoms with Crippen molar-refractivity contribution in [1.29, 1.82) is 0 Å². The van der Waals surface area contributed by atoms with E-state index < -0.39 is 12.0 Å². The van der Waals surface area contributed by atoms with E-state index in [1.165, 1.54) is 0 Å². The number of amides is 2. The quantitative estimate of drug-likeness (QED) is 0.506. The first kappa shape index (κ1) is 23.4. The van der Waals surface area contributed by atoms with Crippen molar-refractivity contribution in [2.45, 2.75) is 32.7 Å². The van der Waals surface area contributed by atoms with Crippen molar-refractivity contribution in [3.8, 4) is 11.5 Å². The first-order valence-electron chi connectivity index (χ1n) is 11.6. The molecule has 1 N–H and O–H groups in total. The van der Waals surface area contributed by atoms with Crippen molar-refractivity contribution in [2.75, 3.05) is 23.9 Å². The molecule has 6 nitrogen and oxygen atoms in total. The summed E-state index contributed by atoms with van der Waals surface area (Å²) in [6, 6.07) is 22.3. The summed E-state index contributed by atoms with van der Waals surface area (Å²) < 4.78 is 11.3. The summed E-state index contributed by atoms with van der Waals surface area (Å²) in [4.78, 5) is 28.7. The van der Waals surface area contributed by atoms with Gasteiger partial charge in [-0.15, -0.1) is 0 Å². The highest BCUT2D eigenvalue weighted by atomic mass is 16.5. The topological polar surface area (TPSA) is 67.9 Å². The van der Waals surface area contributed by atoms with Gasteiger partial charge in [-0.2, -0.15) is 0 Å². The lowest BCUT2D eigenvalue weighted by Gasteiger charge is -2.41. The number of carbonyl (C=O) groups excluding carboxylic acids is 2. The number of methoxy groups -OCH3 is 1. The Morgan fingerprint density at radius 1 is 1.00 bits per heavy atom. The number of nitrogens with one attached hydrogen (secondary N) is 1. The van der Waals surface area contributed by atoms with Gasteiger partial charge in [0, 0.05) is 17.7 Å². The molecule has 1 saturated heterocycles. The average molecular weight is 459 g/mol. The van der Waals surface area contributed by atoms with E-state index in [0.29, 0.717) is 30.2 Å². The number of piperidine rings is 1. The molecular formula is C28H30N2O4. The number of rotatable bonds is 7. The van der Waals surface area contributed by atoms with Gasteiger partial charge in [-0.1, -0.05) is 48.0 Å². The summed E-state index contributed by atoms with van der Waals surface area (Å²) in [7, 11) is 1.60. The van der Waals surface area contributed by atoms with Crippen LogP contribution in [0.25, 0.3) is 0 Å². The highest BCUT2D eigenvalue weighted by molar-refractivity contribution is 6.00. The molecule has 1 aliphatic heterocycles. The zero-order chi connectivity index (χ0) is 24.1. The second-order valence-electron chi connectivity index (χ2n) is 8.35. The normalized spacial score (nSPS) is 17.9. The number of ether oxygens (including phenoxy) is 2. The SMILES string of the molecule is CCOc1ccccc1NC(=O)[C@@H]1CCC(=O)N(c2ccc(C)cc2)[C@H]1c1ccccc1OC. The van der Waals surface area contributed by atoms with Crippen LogP contribution in [0, 0.1) is 12.8 Å². The van der Waals surface area contributed by atoms with Crippen LogP contribution in [0.2, 0.25) is 0 Å². The van der Waals surface area contributed by atoms with E-state index in [0.717, 1.165) is 16.8 Å². The van der Waals surface area contributed by atoms with Crippen LogP contribution >= 0.6 is 0 Å². The third kappa shape index (κ3) is 4.76. The Labute approximate surface area is 200 Å². The molecule has 3 aromatic rings. The third-order valence-electron chi connectivity index (χ3n) is 6.15. The first-order valence-corrected chi connectivity index (χ1v) is 11.6. The molecule has 0 unspecified atom stereocenters. The van der Waals surface area contributed by atoms with Crippen LogP contribution in [-0.4, -0.2) is 25.5 Å². The van der Waals surface area contributed by atoms with E-state index in [1.807, 2.05) is 86.6 Å². The molecular weight excluding hydrogens is 428 g/mol. The maximum absolute atomic E-state index is 13.7. The Morgan fingerprint density at radius 3 is 2.38 bits per heavy atom. The summed E-state index contributed by atoms with van der Waals surface area (Å²) in [5.41, 5.74) is 3.28. The largest absolute Gasteiger partial charge is 0.496 e. The summed E-state index contributed by atoms with van der Waals surface area (Å²) in [5, 5.41) is 3.06. The number of carbonyl (C=O) groups is 2. The molecule has 4 rings (SSSR count). The lowest BCUT2D eigenvalue weighted by molar-refractivity contribution is -0.126. The molecule has 1 aliphatic rings. The molecule has 0 aliphatic carbocycles. The van der Waals surface area contributed by atoms with Crippen molar-refractivity contribution < 1.29 is 19.1 Å². The predicted molar refractivity (Wildman–Crippen MR) is 133 cm³/mol. The van der Waals surface area contributed by atoms with Crippen LogP contribution in [0.3, 0.4) is 0 Å². The van der Waals surface area contributed by atoms with Crippen molar-refractivity contribution in [3.05, 3.63) is 83.9 Å². The fourth-order valence-electron chi connectivity index (χ4n) is 4.52. The summed E-state index contributed by atoms with van der Waals surface area (Å²) >= 11 is 0. The van der Waals surface area contributed by atoms with E-state index in [9.17, 15) is 9.59 Å². The molecule has 0 radical (unpaired) electrons. The maximum Gasteiger partial charge on any atom is 0.230 e. The number of benzene rings is 3. The summed E-state index contributed by atoms with van der Waals surface area (Å²) in [6.45, 7) is 4.41. The second kappa shape index (κ2) is 10.4. The number of aryl methyl sites for hydroxylation is 1. The van der Waals surface area contributed by atoms with Gasteiger partial charge >= 0.3 is 0 Å². The summed E-state index contributed by atoms with van der Waals surface area (Å²) in [5.74, 6) is 0.609. The Kier molecular flexibility index (Phi) is 7.16. The molecule has 176 valence electrons. The van der Waals surface area contributed by atoms with Gasteiger partial charge in [0.25, 0.3) is 0 Å². The van der Waals surface area contributed by atoms with Crippen LogP contribution < -0.4 is 19.7 Å². The molecule has 2 amide bonds. The maximum atomic E-state index is 13.7. The lowest BCUT2D eigenvalue weighted by Crippen LogP contribution is -2.47. The van der Waals surface area contributed by atoms with Gasteiger partial charge in [0.05, 0.1) is 31.4 Å². The molecule has 6 heteroatoms.